The third-order valence-corrected chi connectivity index (χ3v) is 3.26. The minimum Gasteiger partial charge on any atom is -0.378 e. The average molecular weight is 264 g/mol. The first kappa shape index (κ1) is 12.0. The largest absolute Gasteiger partial charge is 0.378 e. The molecule has 0 aliphatic carbocycles. The van der Waals surface area contributed by atoms with Crippen LogP contribution in [0.4, 0.5) is 0 Å². The predicted octanol–water partition coefficient (Wildman–Crippen LogP) is 1.65. The number of ether oxygens (including phenoxy) is 1. The van der Waals surface area contributed by atoms with Gasteiger partial charge in [0.15, 0.2) is 0 Å². The molecule has 3 nitrogen and oxygen atoms in total. The van der Waals surface area contributed by atoms with Crippen LogP contribution in [0.1, 0.15) is 19.8 Å². The first-order valence-corrected chi connectivity index (χ1v) is 6.21. The Morgan fingerprint density at radius 2 is 2.36 bits per heavy atom. The van der Waals surface area contributed by atoms with E-state index in [1.807, 2.05) is 18.9 Å². The third-order valence-electron chi connectivity index (χ3n) is 2.70. The Morgan fingerprint density at radius 3 is 2.86 bits per heavy atom. The normalized spacial score (nSPS) is 26.5. The molecule has 0 spiro atoms. The summed E-state index contributed by atoms with van der Waals surface area (Å²) in [5, 5.41) is 0.946. The lowest BCUT2D eigenvalue weighted by Gasteiger charge is -2.22. The highest BCUT2D eigenvalue weighted by atomic mass is 79.9. The zero-order valence-corrected chi connectivity index (χ0v) is 10.4. The summed E-state index contributed by atoms with van der Waals surface area (Å²) in [7, 11) is 1.87. The van der Waals surface area contributed by atoms with Crippen molar-refractivity contribution in [3.8, 4) is 0 Å². The molecule has 1 rings (SSSR count). The fraction of sp³-hybridized carbons (Fsp3) is 0.900. The molecule has 1 heterocycles. The van der Waals surface area contributed by atoms with E-state index >= 15 is 0 Å². The molecule has 0 aromatic carbocycles. The van der Waals surface area contributed by atoms with E-state index in [1.54, 1.807) is 0 Å². The van der Waals surface area contributed by atoms with E-state index in [0.29, 0.717) is 0 Å². The zero-order chi connectivity index (χ0) is 10.6. The number of nitrogens with zero attached hydrogens (tertiary/aromatic N) is 1. The van der Waals surface area contributed by atoms with Gasteiger partial charge in [0.05, 0.1) is 12.0 Å². The molecule has 4 heteroatoms. The summed E-state index contributed by atoms with van der Waals surface area (Å²) in [6.07, 6.45) is 1.97. The van der Waals surface area contributed by atoms with Crippen LogP contribution in [-0.2, 0) is 9.53 Å². The van der Waals surface area contributed by atoms with Gasteiger partial charge in [0, 0.05) is 25.5 Å². The van der Waals surface area contributed by atoms with Crippen molar-refractivity contribution in [2.45, 2.75) is 25.9 Å². The molecule has 0 bridgehead atoms. The Balaban J connectivity index is 2.39. The summed E-state index contributed by atoms with van der Waals surface area (Å²) in [6.45, 7) is 3.53. The van der Waals surface area contributed by atoms with Gasteiger partial charge in [0.1, 0.15) is 0 Å². The minimum atomic E-state index is 0.0790. The maximum Gasteiger partial charge on any atom is 0.228 e. The lowest BCUT2D eigenvalue weighted by molar-refractivity contribution is -0.135. The van der Waals surface area contributed by atoms with Crippen molar-refractivity contribution in [2.24, 2.45) is 5.92 Å². The van der Waals surface area contributed by atoms with E-state index in [4.69, 9.17) is 4.74 Å². The highest BCUT2D eigenvalue weighted by Crippen LogP contribution is 2.22. The standard InChI is InChI=1S/C10H18BrNO2/c1-8-9(4-7-14-8)10(13)12(2)6-3-5-11/h8-9H,3-7H2,1-2H3. The molecule has 0 aromatic rings. The molecular weight excluding hydrogens is 246 g/mol. The first-order valence-electron chi connectivity index (χ1n) is 5.09. The number of carbonyl (C=O) groups excluding carboxylic acids is 1. The Labute approximate surface area is 93.9 Å². The van der Waals surface area contributed by atoms with Gasteiger partial charge >= 0.3 is 0 Å². The molecule has 1 fully saturated rings. The highest BCUT2D eigenvalue weighted by molar-refractivity contribution is 9.09. The molecule has 0 aromatic heterocycles. The fourth-order valence-corrected chi connectivity index (χ4v) is 2.00. The lowest BCUT2D eigenvalue weighted by Crippen LogP contribution is -2.36. The van der Waals surface area contributed by atoms with E-state index in [-0.39, 0.29) is 17.9 Å². The van der Waals surface area contributed by atoms with Crippen LogP contribution in [0, 0.1) is 5.92 Å². The molecule has 82 valence electrons. The molecule has 0 radical (unpaired) electrons. The van der Waals surface area contributed by atoms with E-state index in [0.717, 1.165) is 31.3 Å². The quantitative estimate of drug-likeness (QED) is 0.723. The maximum absolute atomic E-state index is 11.9. The number of alkyl halides is 1. The summed E-state index contributed by atoms with van der Waals surface area (Å²) in [4.78, 5) is 13.7. The molecule has 1 amide bonds. The summed E-state index contributed by atoms with van der Waals surface area (Å²) >= 11 is 3.36. The van der Waals surface area contributed by atoms with Gasteiger partial charge in [-0.3, -0.25) is 4.79 Å². The smallest absolute Gasteiger partial charge is 0.228 e. The summed E-state index contributed by atoms with van der Waals surface area (Å²) < 4.78 is 5.38. The maximum atomic E-state index is 11.9. The third kappa shape index (κ3) is 2.95. The summed E-state index contributed by atoms with van der Waals surface area (Å²) in [6, 6.07) is 0. The van der Waals surface area contributed by atoms with Crippen LogP contribution in [0.3, 0.4) is 0 Å². The molecule has 2 atom stereocenters. The predicted molar refractivity (Wildman–Crippen MR) is 59.6 cm³/mol. The fourth-order valence-electron chi connectivity index (χ4n) is 1.75. The van der Waals surface area contributed by atoms with Crippen molar-refractivity contribution in [1.29, 1.82) is 0 Å². The van der Waals surface area contributed by atoms with E-state index in [2.05, 4.69) is 15.9 Å². The van der Waals surface area contributed by atoms with E-state index in [1.165, 1.54) is 0 Å². The van der Waals surface area contributed by atoms with Crippen molar-refractivity contribution < 1.29 is 9.53 Å². The Morgan fingerprint density at radius 1 is 1.64 bits per heavy atom. The van der Waals surface area contributed by atoms with Crippen LogP contribution in [-0.4, -0.2) is 42.4 Å². The number of halogens is 1. The average Bonchev–Trinajstić information content (AvgIpc) is 2.59. The van der Waals surface area contributed by atoms with E-state index < -0.39 is 0 Å². The highest BCUT2D eigenvalue weighted by Gasteiger charge is 2.32. The molecule has 0 saturated carbocycles. The van der Waals surface area contributed by atoms with Gasteiger partial charge < -0.3 is 9.64 Å². The molecule has 2 unspecified atom stereocenters. The molecule has 1 aliphatic heterocycles. The van der Waals surface area contributed by atoms with Crippen molar-refractivity contribution in [1.82, 2.24) is 4.90 Å². The Bertz CT molecular complexity index is 199. The molecule has 14 heavy (non-hydrogen) atoms. The second-order valence-electron chi connectivity index (χ2n) is 3.77. The van der Waals surface area contributed by atoms with Gasteiger partial charge in [-0.15, -0.1) is 0 Å². The SMILES string of the molecule is CC1OCCC1C(=O)N(C)CCCBr. The van der Waals surface area contributed by atoms with Crippen molar-refractivity contribution in [3.05, 3.63) is 0 Å². The van der Waals surface area contributed by atoms with Crippen LogP contribution in [0.15, 0.2) is 0 Å². The molecule has 1 aliphatic rings. The van der Waals surface area contributed by atoms with Crippen LogP contribution in [0.2, 0.25) is 0 Å². The summed E-state index contributed by atoms with van der Waals surface area (Å²) in [5.74, 6) is 0.311. The van der Waals surface area contributed by atoms with Crippen LogP contribution < -0.4 is 0 Å². The van der Waals surface area contributed by atoms with Gasteiger partial charge in [-0.05, 0) is 19.8 Å². The topological polar surface area (TPSA) is 29.5 Å². The number of hydrogen-bond donors (Lipinski definition) is 0. The van der Waals surface area contributed by atoms with Gasteiger partial charge in [-0.1, -0.05) is 15.9 Å². The van der Waals surface area contributed by atoms with Crippen LogP contribution in [0.5, 0.6) is 0 Å². The van der Waals surface area contributed by atoms with Gasteiger partial charge in [0.2, 0.25) is 5.91 Å². The first-order chi connectivity index (χ1) is 6.66. The van der Waals surface area contributed by atoms with Crippen LogP contribution >= 0.6 is 15.9 Å². The van der Waals surface area contributed by atoms with Gasteiger partial charge in [-0.2, -0.15) is 0 Å². The van der Waals surface area contributed by atoms with E-state index in [9.17, 15) is 4.79 Å². The number of amides is 1. The monoisotopic (exact) mass is 263 g/mol. The van der Waals surface area contributed by atoms with Crippen molar-refractivity contribution in [2.75, 3.05) is 25.5 Å². The van der Waals surface area contributed by atoms with Gasteiger partial charge in [-0.25, -0.2) is 0 Å². The molecule has 0 N–H and O–H groups in total. The van der Waals surface area contributed by atoms with Gasteiger partial charge in [0.25, 0.3) is 0 Å². The number of hydrogen-bond acceptors (Lipinski definition) is 2. The lowest BCUT2D eigenvalue weighted by atomic mass is 10.0. The zero-order valence-electron chi connectivity index (χ0n) is 8.83. The minimum absolute atomic E-state index is 0.0790. The van der Waals surface area contributed by atoms with Crippen molar-refractivity contribution in [3.63, 3.8) is 0 Å². The Hall–Kier alpha value is -0.0900. The number of carbonyl (C=O) groups is 1. The second kappa shape index (κ2) is 5.71. The van der Waals surface area contributed by atoms with Crippen LogP contribution in [0.25, 0.3) is 0 Å². The molecule has 1 saturated heterocycles. The molecular formula is C10H18BrNO2. The second-order valence-corrected chi connectivity index (χ2v) is 4.57. The number of rotatable bonds is 4. The summed E-state index contributed by atoms with van der Waals surface area (Å²) in [5.41, 5.74) is 0. The van der Waals surface area contributed by atoms with Crippen molar-refractivity contribution >= 4 is 21.8 Å². The Kier molecular flexibility index (Phi) is 4.89.